The van der Waals surface area contributed by atoms with E-state index in [1.165, 1.54) is 0 Å². The van der Waals surface area contributed by atoms with Gasteiger partial charge in [-0.3, -0.25) is 9.79 Å². The van der Waals surface area contributed by atoms with Gasteiger partial charge in [-0.1, -0.05) is 13.3 Å². The quantitative estimate of drug-likeness (QED) is 0.817. The summed E-state index contributed by atoms with van der Waals surface area (Å²) in [6.45, 7) is 3.95. The largest absolute Gasteiger partial charge is 0.306 e. The topological polar surface area (TPSA) is 67.2 Å². The van der Waals surface area contributed by atoms with Crippen molar-refractivity contribution in [3.8, 4) is 0 Å². The first-order valence-electron chi connectivity index (χ1n) is 5.38. The maximum Gasteiger partial charge on any atom is 0.250 e. The number of amides is 1. The van der Waals surface area contributed by atoms with Crippen LogP contribution in [0.15, 0.2) is 17.4 Å². The van der Waals surface area contributed by atoms with Gasteiger partial charge in [0.1, 0.15) is 6.04 Å². The van der Waals surface area contributed by atoms with Crippen molar-refractivity contribution in [3.05, 3.63) is 23.8 Å². The second kappa shape index (κ2) is 4.38. The van der Waals surface area contributed by atoms with E-state index in [0.717, 1.165) is 18.4 Å². The molecule has 1 unspecified atom stereocenters. The van der Waals surface area contributed by atoms with Crippen LogP contribution in [0.4, 0.5) is 0 Å². The molecule has 1 aromatic heterocycles. The zero-order chi connectivity index (χ0) is 11.5. The van der Waals surface area contributed by atoms with E-state index in [1.54, 1.807) is 12.4 Å². The van der Waals surface area contributed by atoms with E-state index in [9.17, 15) is 4.79 Å². The van der Waals surface area contributed by atoms with E-state index in [4.69, 9.17) is 0 Å². The van der Waals surface area contributed by atoms with Crippen molar-refractivity contribution in [2.75, 3.05) is 0 Å². The number of nitrogens with one attached hydrogen (secondary N) is 1. The van der Waals surface area contributed by atoms with Crippen molar-refractivity contribution in [2.24, 2.45) is 4.99 Å². The minimum Gasteiger partial charge on any atom is -0.306 e. The predicted octanol–water partition coefficient (Wildman–Crippen LogP) is 0.830. The van der Waals surface area contributed by atoms with Gasteiger partial charge in [0.15, 0.2) is 11.7 Å². The number of aliphatic imine (C=N–C) groups is 1. The molecule has 84 valence electrons. The van der Waals surface area contributed by atoms with Crippen LogP contribution in [0.1, 0.15) is 31.2 Å². The van der Waals surface area contributed by atoms with E-state index in [-0.39, 0.29) is 11.9 Å². The molecule has 16 heavy (non-hydrogen) atoms. The average Bonchev–Trinajstić information content (AvgIpc) is 2.62. The predicted molar refractivity (Wildman–Crippen MR) is 60.1 cm³/mol. The maximum absolute atomic E-state index is 11.5. The first kappa shape index (κ1) is 10.7. The van der Waals surface area contributed by atoms with Gasteiger partial charge in [-0.15, -0.1) is 0 Å². The summed E-state index contributed by atoms with van der Waals surface area (Å²) in [5.41, 5.74) is 0.985. The van der Waals surface area contributed by atoms with Crippen LogP contribution in [-0.4, -0.2) is 27.8 Å². The summed E-state index contributed by atoms with van der Waals surface area (Å²) in [4.78, 5) is 24.1. The highest BCUT2D eigenvalue weighted by atomic mass is 16.2. The summed E-state index contributed by atoms with van der Waals surface area (Å²) in [7, 11) is 0. The summed E-state index contributed by atoms with van der Waals surface area (Å²) in [5.74, 6) is 0.919. The Morgan fingerprint density at radius 1 is 1.38 bits per heavy atom. The SMILES string of the molecule is CCCC1N=C(c2ncc(C)cn2)NC1=O. The number of hydrogen-bond donors (Lipinski definition) is 1. The Morgan fingerprint density at radius 2 is 2.06 bits per heavy atom. The smallest absolute Gasteiger partial charge is 0.250 e. The van der Waals surface area contributed by atoms with Gasteiger partial charge >= 0.3 is 0 Å². The van der Waals surface area contributed by atoms with Gasteiger partial charge in [0.05, 0.1) is 0 Å². The molecule has 0 saturated heterocycles. The van der Waals surface area contributed by atoms with Crippen LogP contribution in [0.5, 0.6) is 0 Å². The molecule has 1 atom stereocenters. The lowest BCUT2D eigenvalue weighted by molar-refractivity contribution is -0.120. The standard InChI is InChI=1S/C11H14N4O/c1-3-4-8-11(16)15-10(14-8)9-12-5-7(2)6-13-9/h5-6,8H,3-4H2,1-2H3,(H,14,15,16). The third kappa shape index (κ3) is 2.08. The fourth-order valence-electron chi connectivity index (χ4n) is 1.54. The molecule has 0 spiro atoms. The Morgan fingerprint density at radius 3 is 2.69 bits per heavy atom. The van der Waals surface area contributed by atoms with Crippen LogP contribution < -0.4 is 5.32 Å². The summed E-state index contributed by atoms with van der Waals surface area (Å²) >= 11 is 0. The number of nitrogens with zero attached hydrogens (tertiary/aromatic N) is 3. The van der Waals surface area contributed by atoms with Crippen molar-refractivity contribution in [1.29, 1.82) is 0 Å². The van der Waals surface area contributed by atoms with Crippen LogP contribution in [0.3, 0.4) is 0 Å². The monoisotopic (exact) mass is 218 g/mol. The Labute approximate surface area is 94.0 Å². The minimum absolute atomic E-state index is 0.0546. The van der Waals surface area contributed by atoms with Gasteiger partial charge in [-0.05, 0) is 18.9 Å². The molecule has 0 aliphatic carbocycles. The van der Waals surface area contributed by atoms with Crippen molar-refractivity contribution < 1.29 is 4.79 Å². The molecule has 0 fully saturated rings. The fraction of sp³-hybridized carbons (Fsp3) is 0.455. The number of carbonyl (C=O) groups excluding carboxylic acids is 1. The van der Waals surface area contributed by atoms with Crippen molar-refractivity contribution in [1.82, 2.24) is 15.3 Å². The van der Waals surface area contributed by atoms with E-state index in [2.05, 4.69) is 20.3 Å². The highest BCUT2D eigenvalue weighted by Gasteiger charge is 2.27. The third-order valence-electron chi connectivity index (χ3n) is 2.38. The van der Waals surface area contributed by atoms with Gasteiger partial charge in [-0.2, -0.15) is 0 Å². The van der Waals surface area contributed by atoms with Crippen molar-refractivity contribution >= 4 is 11.7 Å². The molecule has 0 radical (unpaired) electrons. The highest BCUT2D eigenvalue weighted by molar-refractivity contribution is 6.11. The lowest BCUT2D eigenvalue weighted by Crippen LogP contribution is -2.30. The van der Waals surface area contributed by atoms with E-state index < -0.39 is 0 Å². The Bertz CT molecular complexity index is 424. The second-order valence-electron chi connectivity index (χ2n) is 3.86. The Kier molecular flexibility index (Phi) is 2.94. The molecule has 2 heterocycles. The number of hydrogen-bond acceptors (Lipinski definition) is 4. The molecule has 2 rings (SSSR count). The molecule has 1 aromatic rings. The number of rotatable bonds is 3. The number of carbonyl (C=O) groups is 1. The summed E-state index contributed by atoms with van der Waals surface area (Å²) in [5, 5.41) is 2.71. The molecule has 1 N–H and O–H groups in total. The maximum atomic E-state index is 11.5. The molecular weight excluding hydrogens is 204 g/mol. The lowest BCUT2D eigenvalue weighted by atomic mass is 10.2. The number of aromatic nitrogens is 2. The summed E-state index contributed by atoms with van der Waals surface area (Å²) < 4.78 is 0. The highest BCUT2D eigenvalue weighted by Crippen LogP contribution is 2.09. The first-order chi connectivity index (χ1) is 7.70. The second-order valence-corrected chi connectivity index (χ2v) is 3.86. The zero-order valence-electron chi connectivity index (χ0n) is 9.40. The van der Waals surface area contributed by atoms with E-state index in [0.29, 0.717) is 11.7 Å². The van der Waals surface area contributed by atoms with Crippen LogP contribution in [-0.2, 0) is 4.79 Å². The molecule has 0 bridgehead atoms. The first-order valence-corrected chi connectivity index (χ1v) is 5.38. The van der Waals surface area contributed by atoms with Crippen molar-refractivity contribution in [2.45, 2.75) is 32.7 Å². The number of amidine groups is 1. The van der Waals surface area contributed by atoms with E-state index >= 15 is 0 Å². The minimum atomic E-state index is -0.273. The van der Waals surface area contributed by atoms with E-state index in [1.807, 2.05) is 13.8 Å². The molecule has 1 aliphatic rings. The molecule has 5 nitrogen and oxygen atoms in total. The molecule has 0 saturated carbocycles. The van der Waals surface area contributed by atoms with Gasteiger partial charge in [0.25, 0.3) is 0 Å². The van der Waals surface area contributed by atoms with Crippen LogP contribution in [0, 0.1) is 6.92 Å². The fourth-order valence-corrected chi connectivity index (χ4v) is 1.54. The zero-order valence-corrected chi connectivity index (χ0v) is 9.40. The van der Waals surface area contributed by atoms with Crippen LogP contribution >= 0.6 is 0 Å². The molecule has 0 aromatic carbocycles. The summed E-state index contributed by atoms with van der Waals surface area (Å²) in [6.07, 6.45) is 5.12. The normalized spacial score (nSPS) is 19.5. The third-order valence-corrected chi connectivity index (χ3v) is 2.38. The Balaban J connectivity index is 2.20. The molecular formula is C11H14N4O. The van der Waals surface area contributed by atoms with Crippen LogP contribution in [0.2, 0.25) is 0 Å². The van der Waals surface area contributed by atoms with Gasteiger partial charge < -0.3 is 5.32 Å². The molecule has 1 amide bonds. The summed E-state index contributed by atoms with van der Waals surface area (Å²) in [6, 6.07) is -0.273. The van der Waals surface area contributed by atoms with Gasteiger partial charge in [0.2, 0.25) is 5.91 Å². The molecule has 1 aliphatic heterocycles. The van der Waals surface area contributed by atoms with Crippen LogP contribution in [0.25, 0.3) is 0 Å². The van der Waals surface area contributed by atoms with Gasteiger partial charge in [0, 0.05) is 12.4 Å². The Hall–Kier alpha value is -1.78. The number of aryl methyl sites for hydroxylation is 1. The van der Waals surface area contributed by atoms with Crippen molar-refractivity contribution in [3.63, 3.8) is 0 Å². The molecule has 5 heteroatoms. The lowest BCUT2D eigenvalue weighted by Gasteiger charge is -1.99. The average molecular weight is 218 g/mol. The van der Waals surface area contributed by atoms with Gasteiger partial charge in [-0.25, -0.2) is 9.97 Å².